The van der Waals surface area contributed by atoms with Crippen molar-refractivity contribution in [2.24, 2.45) is 0 Å². The number of aromatic nitrogens is 1. The molecule has 2 heterocycles. The number of hydrogen-bond donors (Lipinski definition) is 2. The molecular formula is C21H18FN3O3. The molecule has 2 aromatic carbocycles. The van der Waals surface area contributed by atoms with Gasteiger partial charge in [0.1, 0.15) is 11.6 Å². The normalized spacial score (nSPS) is 11.9. The lowest BCUT2D eigenvalue weighted by Crippen LogP contribution is -2.25. The molecule has 0 atom stereocenters. The number of nitrogens with zero attached hydrogens (tertiary/aromatic N) is 1. The van der Waals surface area contributed by atoms with Crippen LogP contribution < -0.4 is 20.1 Å². The average molecular weight is 379 g/mol. The quantitative estimate of drug-likeness (QED) is 0.684. The number of fused-ring (bicyclic) bond motifs is 1. The standard InChI is InChI=1S/C21H18FN3O3/c22-16-4-1-14(2-5-16)9-10-23-21(26)15-3-8-20(24-12-15)25-17-6-7-18-19(11-17)28-13-27-18/h1-8,11-12H,9-10,13H2,(H,23,26)(H,24,25). The highest BCUT2D eigenvalue weighted by molar-refractivity contribution is 5.94. The zero-order valence-corrected chi connectivity index (χ0v) is 14.9. The number of carbonyl (C=O) groups excluding carboxylic acids is 1. The van der Waals surface area contributed by atoms with Gasteiger partial charge in [0.25, 0.3) is 5.91 Å². The van der Waals surface area contributed by atoms with Crippen molar-refractivity contribution in [1.82, 2.24) is 10.3 Å². The highest BCUT2D eigenvalue weighted by atomic mass is 19.1. The fraction of sp³-hybridized carbons (Fsp3) is 0.143. The molecule has 0 saturated carbocycles. The smallest absolute Gasteiger partial charge is 0.252 e. The number of halogens is 1. The Bertz CT molecular complexity index is 975. The van der Waals surface area contributed by atoms with Crippen LogP contribution in [0.2, 0.25) is 0 Å². The van der Waals surface area contributed by atoms with Gasteiger partial charge < -0.3 is 20.1 Å². The van der Waals surface area contributed by atoms with Crippen LogP contribution in [0.25, 0.3) is 0 Å². The van der Waals surface area contributed by atoms with E-state index in [0.29, 0.717) is 35.8 Å². The number of nitrogens with one attached hydrogen (secondary N) is 2. The van der Waals surface area contributed by atoms with Crippen molar-refractivity contribution in [3.63, 3.8) is 0 Å². The number of ether oxygens (including phenoxy) is 2. The molecule has 7 heteroatoms. The number of rotatable bonds is 6. The van der Waals surface area contributed by atoms with Crippen LogP contribution in [0.1, 0.15) is 15.9 Å². The Balaban J connectivity index is 1.31. The fourth-order valence-corrected chi connectivity index (χ4v) is 2.80. The predicted molar refractivity (Wildman–Crippen MR) is 103 cm³/mol. The van der Waals surface area contributed by atoms with Gasteiger partial charge in [-0.2, -0.15) is 0 Å². The Morgan fingerprint density at radius 3 is 2.64 bits per heavy atom. The summed E-state index contributed by atoms with van der Waals surface area (Å²) in [6.07, 6.45) is 2.14. The highest BCUT2D eigenvalue weighted by Crippen LogP contribution is 2.34. The lowest BCUT2D eigenvalue weighted by atomic mass is 10.1. The number of anilines is 2. The first kappa shape index (κ1) is 17.8. The van der Waals surface area contributed by atoms with Crippen LogP contribution in [-0.4, -0.2) is 24.2 Å². The summed E-state index contributed by atoms with van der Waals surface area (Å²) in [7, 11) is 0. The predicted octanol–water partition coefficient (Wildman–Crippen LogP) is 3.67. The molecule has 1 aromatic heterocycles. The fourth-order valence-electron chi connectivity index (χ4n) is 2.80. The largest absolute Gasteiger partial charge is 0.454 e. The molecule has 2 N–H and O–H groups in total. The first-order chi connectivity index (χ1) is 13.7. The van der Waals surface area contributed by atoms with Gasteiger partial charge in [-0.15, -0.1) is 0 Å². The van der Waals surface area contributed by atoms with Crippen LogP contribution in [0.15, 0.2) is 60.8 Å². The van der Waals surface area contributed by atoms with E-state index in [1.165, 1.54) is 18.3 Å². The molecule has 3 aromatic rings. The van der Waals surface area contributed by atoms with E-state index >= 15 is 0 Å². The Hall–Kier alpha value is -3.61. The van der Waals surface area contributed by atoms with E-state index in [-0.39, 0.29) is 18.5 Å². The Labute approximate surface area is 161 Å². The minimum Gasteiger partial charge on any atom is -0.454 e. The second-order valence-corrected chi connectivity index (χ2v) is 6.26. The van der Waals surface area contributed by atoms with Crippen LogP contribution >= 0.6 is 0 Å². The zero-order valence-electron chi connectivity index (χ0n) is 14.9. The number of benzene rings is 2. The second kappa shape index (κ2) is 7.96. The van der Waals surface area contributed by atoms with Crippen molar-refractivity contribution in [3.8, 4) is 11.5 Å². The van der Waals surface area contributed by atoms with E-state index in [4.69, 9.17) is 9.47 Å². The Morgan fingerprint density at radius 1 is 1.04 bits per heavy atom. The lowest BCUT2D eigenvalue weighted by molar-refractivity contribution is 0.0954. The first-order valence-corrected chi connectivity index (χ1v) is 8.83. The molecule has 28 heavy (non-hydrogen) atoms. The van der Waals surface area contributed by atoms with Gasteiger partial charge in [-0.25, -0.2) is 9.37 Å². The van der Waals surface area contributed by atoms with Gasteiger partial charge in [0, 0.05) is 24.5 Å². The van der Waals surface area contributed by atoms with E-state index in [0.717, 1.165) is 11.3 Å². The minimum atomic E-state index is -0.270. The molecular weight excluding hydrogens is 361 g/mol. The third kappa shape index (κ3) is 4.20. The van der Waals surface area contributed by atoms with Crippen molar-refractivity contribution >= 4 is 17.4 Å². The molecule has 6 nitrogen and oxygen atoms in total. The van der Waals surface area contributed by atoms with Gasteiger partial charge in [0.2, 0.25) is 6.79 Å². The topological polar surface area (TPSA) is 72.5 Å². The third-order valence-electron chi connectivity index (χ3n) is 4.28. The molecule has 1 aliphatic heterocycles. The van der Waals surface area contributed by atoms with Crippen LogP contribution in [0.3, 0.4) is 0 Å². The third-order valence-corrected chi connectivity index (χ3v) is 4.28. The SMILES string of the molecule is O=C(NCCc1ccc(F)cc1)c1ccc(Nc2ccc3c(c2)OCO3)nc1. The van der Waals surface area contributed by atoms with Gasteiger partial charge in [0.15, 0.2) is 11.5 Å². The second-order valence-electron chi connectivity index (χ2n) is 6.26. The maximum Gasteiger partial charge on any atom is 0.252 e. The molecule has 0 spiro atoms. The number of carbonyl (C=O) groups is 1. The number of pyridine rings is 1. The lowest BCUT2D eigenvalue weighted by Gasteiger charge is -2.08. The van der Waals surface area contributed by atoms with Gasteiger partial charge in [0.05, 0.1) is 5.56 Å². The summed E-state index contributed by atoms with van der Waals surface area (Å²) < 4.78 is 23.5. The molecule has 0 fully saturated rings. The van der Waals surface area contributed by atoms with Crippen molar-refractivity contribution in [3.05, 3.63) is 77.7 Å². The van der Waals surface area contributed by atoms with Gasteiger partial charge in [-0.1, -0.05) is 12.1 Å². The summed E-state index contributed by atoms with van der Waals surface area (Å²) in [5.41, 5.74) is 2.24. The van der Waals surface area contributed by atoms with Crippen LogP contribution in [-0.2, 0) is 6.42 Å². The van der Waals surface area contributed by atoms with Gasteiger partial charge in [-0.3, -0.25) is 4.79 Å². The first-order valence-electron chi connectivity index (χ1n) is 8.83. The molecule has 0 aliphatic carbocycles. The summed E-state index contributed by atoms with van der Waals surface area (Å²) >= 11 is 0. The zero-order chi connectivity index (χ0) is 19.3. The van der Waals surface area contributed by atoms with Crippen LogP contribution in [0, 0.1) is 5.82 Å². The maximum absolute atomic E-state index is 12.9. The van der Waals surface area contributed by atoms with Crippen molar-refractivity contribution < 1.29 is 18.7 Å². The van der Waals surface area contributed by atoms with Gasteiger partial charge >= 0.3 is 0 Å². The molecule has 142 valence electrons. The van der Waals surface area contributed by atoms with E-state index < -0.39 is 0 Å². The van der Waals surface area contributed by atoms with E-state index in [1.807, 2.05) is 18.2 Å². The summed E-state index contributed by atoms with van der Waals surface area (Å²) in [5.74, 6) is 1.53. The maximum atomic E-state index is 12.9. The molecule has 0 radical (unpaired) electrons. The van der Waals surface area contributed by atoms with Crippen molar-refractivity contribution in [2.45, 2.75) is 6.42 Å². The van der Waals surface area contributed by atoms with E-state index in [9.17, 15) is 9.18 Å². The molecule has 1 amide bonds. The number of amides is 1. The Morgan fingerprint density at radius 2 is 1.86 bits per heavy atom. The summed E-state index contributed by atoms with van der Waals surface area (Å²) in [4.78, 5) is 16.5. The van der Waals surface area contributed by atoms with E-state index in [2.05, 4.69) is 15.6 Å². The van der Waals surface area contributed by atoms with Crippen LogP contribution in [0.5, 0.6) is 11.5 Å². The minimum absolute atomic E-state index is 0.204. The summed E-state index contributed by atoms with van der Waals surface area (Å²) in [5, 5.41) is 6.00. The molecule has 1 aliphatic rings. The highest BCUT2D eigenvalue weighted by Gasteiger charge is 2.13. The van der Waals surface area contributed by atoms with Gasteiger partial charge in [-0.05, 0) is 48.4 Å². The monoisotopic (exact) mass is 379 g/mol. The van der Waals surface area contributed by atoms with Crippen molar-refractivity contribution in [1.29, 1.82) is 0 Å². The average Bonchev–Trinajstić information content (AvgIpc) is 3.18. The Kier molecular flexibility index (Phi) is 5.05. The number of hydrogen-bond acceptors (Lipinski definition) is 5. The van der Waals surface area contributed by atoms with Crippen LogP contribution in [0.4, 0.5) is 15.9 Å². The molecule has 0 bridgehead atoms. The van der Waals surface area contributed by atoms with Crippen molar-refractivity contribution in [2.75, 3.05) is 18.7 Å². The molecule has 0 saturated heterocycles. The summed E-state index contributed by atoms with van der Waals surface area (Å²) in [6.45, 7) is 0.684. The summed E-state index contributed by atoms with van der Waals surface area (Å²) in [6, 6.07) is 15.2. The van der Waals surface area contributed by atoms with E-state index in [1.54, 1.807) is 24.3 Å². The molecule has 0 unspecified atom stereocenters. The molecule has 4 rings (SSSR count).